The van der Waals surface area contributed by atoms with E-state index in [4.69, 9.17) is 23.2 Å². The number of benzene rings is 2. The summed E-state index contributed by atoms with van der Waals surface area (Å²) in [7, 11) is 0. The molecule has 3 nitrogen and oxygen atoms in total. The van der Waals surface area contributed by atoms with E-state index in [1.54, 1.807) is 42.1 Å². The molecule has 0 aliphatic carbocycles. The van der Waals surface area contributed by atoms with Crippen LogP contribution in [0.5, 0.6) is 0 Å². The van der Waals surface area contributed by atoms with Gasteiger partial charge in [0.1, 0.15) is 0 Å². The highest BCUT2D eigenvalue weighted by molar-refractivity contribution is 7.99. The normalized spacial score (nSPS) is 10.3. The maximum Gasteiger partial charge on any atom is 0.331 e. The van der Waals surface area contributed by atoms with E-state index in [0.717, 1.165) is 4.90 Å². The van der Waals surface area contributed by atoms with Crippen LogP contribution in [-0.4, -0.2) is 18.3 Å². The lowest BCUT2D eigenvalue weighted by Gasteiger charge is -2.16. The van der Waals surface area contributed by atoms with Gasteiger partial charge in [-0.3, -0.25) is 0 Å². The number of carbonyl (C=O) groups is 1. The minimum Gasteiger partial charge on any atom is -0.336 e. The number of halogens is 2. The van der Waals surface area contributed by atoms with E-state index in [9.17, 15) is 4.79 Å². The Labute approximate surface area is 149 Å². The van der Waals surface area contributed by atoms with Crippen molar-refractivity contribution in [3.05, 3.63) is 58.6 Å². The van der Waals surface area contributed by atoms with E-state index in [1.807, 2.05) is 12.1 Å². The average Bonchev–Trinajstić information content (AvgIpc) is 2.54. The number of rotatable bonds is 5. The van der Waals surface area contributed by atoms with Crippen LogP contribution in [0.2, 0.25) is 10.0 Å². The lowest BCUT2D eigenvalue weighted by molar-refractivity contribution is 0.250. The number of thioether (sulfide) groups is 1. The molecule has 0 aliphatic heterocycles. The van der Waals surface area contributed by atoms with Gasteiger partial charge < -0.3 is 5.32 Å². The summed E-state index contributed by atoms with van der Waals surface area (Å²) in [4.78, 5) is 12.9. The van der Waals surface area contributed by atoms with E-state index in [-0.39, 0.29) is 6.03 Å². The van der Waals surface area contributed by atoms with E-state index < -0.39 is 0 Å². The molecule has 2 aromatic rings. The van der Waals surface area contributed by atoms with Crippen LogP contribution < -0.4 is 9.62 Å². The smallest absolute Gasteiger partial charge is 0.331 e. The van der Waals surface area contributed by atoms with Gasteiger partial charge in [-0.2, -0.15) is 0 Å². The van der Waals surface area contributed by atoms with E-state index in [0.29, 0.717) is 28.0 Å². The molecule has 1 N–H and O–H groups in total. The van der Waals surface area contributed by atoms with Crippen molar-refractivity contribution in [2.75, 3.05) is 16.6 Å². The first-order chi connectivity index (χ1) is 10.6. The van der Waals surface area contributed by atoms with Gasteiger partial charge in [0.2, 0.25) is 0 Å². The number of hydrogen-bond donors (Lipinski definition) is 2. The van der Waals surface area contributed by atoms with Crippen LogP contribution in [0.25, 0.3) is 0 Å². The van der Waals surface area contributed by atoms with Crippen LogP contribution in [-0.2, 0) is 0 Å². The first-order valence-electron chi connectivity index (χ1n) is 6.39. The summed E-state index contributed by atoms with van der Waals surface area (Å²) >= 11 is 17.6. The molecule has 0 saturated heterocycles. The molecule has 0 saturated carbocycles. The van der Waals surface area contributed by atoms with Crippen LogP contribution >= 0.6 is 47.8 Å². The van der Waals surface area contributed by atoms with Crippen LogP contribution in [0.1, 0.15) is 0 Å². The summed E-state index contributed by atoms with van der Waals surface area (Å²) in [6.07, 6.45) is 0. The fourth-order valence-corrected chi connectivity index (χ4v) is 2.98. The van der Waals surface area contributed by atoms with Gasteiger partial charge in [0, 0.05) is 17.2 Å². The Hall–Kier alpha value is -1.01. The van der Waals surface area contributed by atoms with Gasteiger partial charge in [-0.15, -0.1) is 11.8 Å². The van der Waals surface area contributed by atoms with Crippen molar-refractivity contribution < 1.29 is 4.79 Å². The molecule has 2 aromatic carbocycles. The summed E-state index contributed by atoms with van der Waals surface area (Å²) < 4.78 is 1.26. The van der Waals surface area contributed by atoms with E-state index >= 15 is 0 Å². The number of nitrogens with zero attached hydrogens (tertiary/aromatic N) is 1. The Morgan fingerprint density at radius 2 is 1.95 bits per heavy atom. The minimum atomic E-state index is -0.274. The molecule has 1 radical (unpaired) electrons. The summed E-state index contributed by atoms with van der Waals surface area (Å²) in [5.41, 5.74) is 0.691. The molecule has 2 rings (SSSR count). The van der Waals surface area contributed by atoms with Crippen molar-refractivity contribution in [3.63, 3.8) is 0 Å². The number of anilines is 1. The third-order valence-corrected chi connectivity index (χ3v) is 4.82. The van der Waals surface area contributed by atoms with Crippen molar-refractivity contribution in [2.45, 2.75) is 4.90 Å². The molecule has 115 valence electrons. The lowest BCUT2D eigenvalue weighted by atomic mass is 10.3. The Balaban J connectivity index is 1.76. The van der Waals surface area contributed by atoms with E-state index in [2.05, 4.69) is 24.2 Å². The third kappa shape index (κ3) is 5.02. The molecule has 0 heterocycles. The molecule has 0 unspecified atom stereocenters. The number of nitrogens with one attached hydrogen (secondary N) is 1. The second-order valence-electron chi connectivity index (χ2n) is 4.23. The Bertz CT molecular complexity index is 641. The molecular formula is C15H13Cl2N2OS2. The van der Waals surface area contributed by atoms with Gasteiger partial charge in [-0.25, -0.2) is 9.10 Å². The van der Waals surface area contributed by atoms with Crippen molar-refractivity contribution in [3.8, 4) is 0 Å². The zero-order valence-corrected chi connectivity index (χ0v) is 14.6. The third-order valence-electron chi connectivity index (χ3n) is 2.68. The number of amides is 2. The predicted octanol–water partition coefficient (Wildman–Crippen LogP) is 4.95. The molecule has 22 heavy (non-hydrogen) atoms. The zero-order valence-electron chi connectivity index (χ0n) is 11.4. The maximum absolute atomic E-state index is 11.9. The highest BCUT2D eigenvalue weighted by Gasteiger charge is 2.10. The van der Waals surface area contributed by atoms with Crippen LogP contribution in [0.4, 0.5) is 10.5 Å². The SMILES string of the molecule is O=C(NCCSc1ccc(Cl)c(Cl)c1)N(S)c1cc[c]cc1. The van der Waals surface area contributed by atoms with Crippen molar-refractivity contribution in [1.82, 2.24) is 5.32 Å². The van der Waals surface area contributed by atoms with Crippen molar-refractivity contribution in [1.29, 1.82) is 0 Å². The van der Waals surface area contributed by atoms with Gasteiger partial charge in [0.05, 0.1) is 15.7 Å². The molecule has 0 aliphatic rings. The number of hydrogen-bond acceptors (Lipinski definition) is 3. The van der Waals surface area contributed by atoms with Gasteiger partial charge in [0.25, 0.3) is 0 Å². The molecule has 2 amide bonds. The van der Waals surface area contributed by atoms with E-state index in [1.165, 1.54) is 4.31 Å². The largest absolute Gasteiger partial charge is 0.336 e. The van der Waals surface area contributed by atoms with Gasteiger partial charge in [-0.05, 0) is 36.4 Å². The number of thiol groups is 1. The average molecular weight is 372 g/mol. The number of urea groups is 1. The molecule has 0 spiro atoms. The maximum atomic E-state index is 11.9. The number of carbonyl (C=O) groups excluding carboxylic acids is 1. The second kappa shape index (κ2) is 8.58. The zero-order chi connectivity index (χ0) is 15.9. The molecule has 0 fully saturated rings. The molecule has 0 atom stereocenters. The fourth-order valence-electron chi connectivity index (χ4n) is 1.60. The monoisotopic (exact) mass is 371 g/mol. The van der Waals surface area contributed by atoms with Crippen molar-refractivity contribution in [2.24, 2.45) is 0 Å². The summed E-state index contributed by atoms with van der Waals surface area (Å²) in [6, 6.07) is 15.1. The fraction of sp³-hybridized carbons (Fsp3) is 0.133. The first kappa shape index (κ1) is 17.3. The van der Waals surface area contributed by atoms with Crippen molar-refractivity contribution >= 4 is 59.5 Å². The standard InChI is InChI=1S/C15H13Cl2N2OS2/c16-13-7-6-12(10-14(13)17)22-9-8-18-15(20)19(21)11-4-2-1-3-5-11/h2-7,10,21H,8-9H2,(H,18,20). The highest BCUT2D eigenvalue weighted by Crippen LogP contribution is 2.27. The minimum absolute atomic E-state index is 0.274. The van der Waals surface area contributed by atoms with Crippen LogP contribution in [0.15, 0.2) is 47.4 Å². The molecule has 7 heteroatoms. The van der Waals surface area contributed by atoms with Gasteiger partial charge in [0.15, 0.2) is 0 Å². The lowest BCUT2D eigenvalue weighted by Crippen LogP contribution is -2.35. The second-order valence-corrected chi connectivity index (χ2v) is 6.61. The van der Waals surface area contributed by atoms with Crippen LogP contribution in [0.3, 0.4) is 0 Å². The summed E-state index contributed by atoms with van der Waals surface area (Å²) in [6.45, 7) is 0.514. The molecule has 0 bridgehead atoms. The van der Waals surface area contributed by atoms with Crippen LogP contribution in [0, 0.1) is 6.07 Å². The quantitative estimate of drug-likeness (QED) is 0.442. The molecule has 0 aromatic heterocycles. The van der Waals surface area contributed by atoms with Gasteiger partial charge in [-0.1, -0.05) is 48.1 Å². The van der Waals surface area contributed by atoms with Gasteiger partial charge >= 0.3 is 6.03 Å². The molecular weight excluding hydrogens is 359 g/mol. The topological polar surface area (TPSA) is 32.3 Å². The highest BCUT2D eigenvalue weighted by atomic mass is 35.5. The Morgan fingerprint density at radius 1 is 1.23 bits per heavy atom. The summed E-state index contributed by atoms with van der Waals surface area (Å²) in [5.74, 6) is 0.716. The first-order valence-corrected chi connectivity index (χ1v) is 8.53. The Kier molecular flexibility index (Phi) is 6.76. The predicted molar refractivity (Wildman–Crippen MR) is 97.3 cm³/mol. The Morgan fingerprint density at radius 3 is 2.64 bits per heavy atom. The summed E-state index contributed by atoms with van der Waals surface area (Å²) in [5, 5.41) is 3.86.